The highest BCUT2D eigenvalue weighted by Gasteiger charge is 2.30. The first-order valence-corrected chi connectivity index (χ1v) is 18.0. The van der Waals surface area contributed by atoms with E-state index in [1.165, 1.54) is 5.56 Å². The third-order valence-electron chi connectivity index (χ3n) is 10.4. The van der Waals surface area contributed by atoms with Gasteiger partial charge in [-0.15, -0.1) is 0 Å². The van der Waals surface area contributed by atoms with Gasteiger partial charge in [0.25, 0.3) is 5.91 Å². The smallest absolute Gasteiger partial charge is 0.410 e. The highest BCUT2D eigenvalue weighted by Crippen LogP contribution is 2.37. The maximum Gasteiger partial charge on any atom is 0.410 e. The van der Waals surface area contributed by atoms with Gasteiger partial charge in [0.15, 0.2) is 0 Å². The van der Waals surface area contributed by atoms with Crippen molar-refractivity contribution in [2.45, 2.75) is 84.4 Å². The molecule has 48 heavy (non-hydrogen) atoms. The summed E-state index contributed by atoms with van der Waals surface area (Å²) in [6.45, 7) is 15.6. The highest BCUT2D eigenvalue weighted by molar-refractivity contribution is 6.04. The number of ether oxygens (including phenoxy) is 1. The zero-order chi connectivity index (χ0) is 33.8. The van der Waals surface area contributed by atoms with E-state index in [1.54, 1.807) is 0 Å². The molecular formula is C38H54N6O4. The maximum atomic E-state index is 13.3. The van der Waals surface area contributed by atoms with E-state index in [4.69, 9.17) is 9.72 Å². The van der Waals surface area contributed by atoms with Crippen LogP contribution in [0.2, 0.25) is 0 Å². The van der Waals surface area contributed by atoms with E-state index in [-0.39, 0.29) is 24.6 Å². The molecule has 3 aromatic rings. The number of anilines is 1. The number of nitrogens with one attached hydrogen (secondary N) is 1. The monoisotopic (exact) mass is 658 g/mol. The predicted octanol–water partition coefficient (Wildman–Crippen LogP) is 6.09. The van der Waals surface area contributed by atoms with Crippen LogP contribution in [0, 0.1) is 18.8 Å². The molecule has 3 fully saturated rings. The summed E-state index contributed by atoms with van der Waals surface area (Å²) in [5.74, 6) is 1.43. The number of aromatic nitrogens is 2. The Bertz CT molecular complexity index is 1560. The summed E-state index contributed by atoms with van der Waals surface area (Å²) in [7, 11) is 0. The number of piperazine rings is 1. The Kier molecular flexibility index (Phi) is 10.7. The van der Waals surface area contributed by atoms with Gasteiger partial charge in [0.2, 0.25) is 5.95 Å². The summed E-state index contributed by atoms with van der Waals surface area (Å²) in [5, 5.41) is 12.9. The second-order valence-electron chi connectivity index (χ2n) is 15.3. The number of hydrogen-bond donors (Lipinski definition) is 2. The number of piperidine rings is 1. The lowest BCUT2D eigenvalue weighted by Crippen LogP contribution is -2.49. The molecule has 0 unspecified atom stereocenters. The van der Waals surface area contributed by atoms with E-state index in [0.717, 1.165) is 107 Å². The molecule has 2 amide bonds. The van der Waals surface area contributed by atoms with Gasteiger partial charge in [0, 0.05) is 70.6 Å². The highest BCUT2D eigenvalue weighted by atomic mass is 16.6. The number of rotatable bonds is 8. The van der Waals surface area contributed by atoms with Crippen LogP contribution in [0.3, 0.4) is 0 Å². The molecule has 10 heteroatoms. The van der Waals surface area contributed by atoms with Crippen molar-refractivity contribution in [3.8, 4) is 0 Å². The minimum atomic E-state index is -0.454. The number of amides is 2. The van der Waals surface area contributed by atoms with E-state index in [2.05, 4.69) is 37.9 Å². The molecule has 1 aliphatic carbocycles. The number of nitrogens with zero attached hydrogens (tertiary/aromatic N) is 5. The van der Waals surface area contributed by atoms with E-state index in [1.807, 2.05) is 56.9 Å². The molecule has 0 bridgehead atoms. The van der Waals surface area contributed by atoms with Crippen LogP contribution in [0.25, 0.3) is 11.0 Å². The predicted molar refractivity (Wildman–Crippen MR) is 189 cm³/mol. The number of aliphatic hydroxyl groups is 1. The van der Waals surface area contributed by atoms with Gasteiger partial charge in [-0.1, -0.05) is 23.8 Å². The molecule has 2 saturated heterocycles. The molecule has 0 atom stereocenters. The largest absolute Gasteiger partial charge is 0.444 e. The minimum absolute atomic E-state index is 0.147. The number of hydrogen-bond acceptors (Lipinski definition) is 7. The quantitative estimate of drug-likeness (QED) is 0.302. The van der Waals surface area contributed by atoms with Crippen molar-refractivity contribution in [2.75, 3.05) is 57.7 Å². The van der Waals surface area contributed by atoms with Crippen LogP contribution < -0.4 is 5.32 Å². The van der Waals surface area contributed by atoms with E-state index in [9.17, 15) is 14.7 Å². The van der Waals surface area contributed by atoms with Crippen LogP contribution >= 0.6 is 0 Å². The third-order valence-corrected chi connectivity index (χ3v) is 10.4. The number of fused-ring (bicyclic) bond motifs is 1. The van der Waals surface area contributed by atoms with Gasteiger partial charge in [-0.2, -0.15) is 0 Å². The molecular weight excluding hydrogens is 604 g/mol. The lowest BCUT2D eigenvalue weighted by atomic mass is 9.86. The molecule has 2 N–H and O–H groups in total. The average molecular weight is 659 g/mol. The van der Waals surface area contributed by atoms with Crippen LogP contribution in [0.15, 0.2) is 42.5 Å². The number of carbonyl (C=O) groups excluding carboxylic acids is 2. The average Bonchev–Trinajstić information content (AvgIpc) is 3.42. The second-order valence-corrected chi connectivity index (χ2v) is 15.3. The number of aryl methyl sites for hydroxylation is 1. The number of benzene rings is 2. The molecule has 260 valence electrons. The Morgan fingerprint density at radius 3 is 2.27 bits per heavy atom. The van der Waals surface area contributed by atoms with E-state index < -0.39 is 5.60 Å². The van der Waals surface area contributed by atoms with Gasteiger partial charge in [-0.25, -0.2) is 9.78 Å². The lowest BCUT2D eigenvalue weighted by Gasteiger charge is -2.39. The zero-order valence-electron chi connectivity index (χ0n) is 29.3. The number of imidazole rings is 1. The first-order chi connectivity index (χ1) is 23.0. The van der Waals surface area contributed by atoms with Gasteiger partial charge in [-0.05, 0) is 108 Å². The fourth-order valence-corrected chi connectivity index (χ4v) is 7.62. The minimum Gasteiger partial charge on any atom is -0.444 e. The second kappa shape index (κ2) is 15.0. The number of carbonyl (C=O) groups is 2. The molecule has 2 aliphatic heterocycles. The van der Waals surface area contributed by atoms with Gasteiger partial charge in [0.05, 0.1) is 11.0 Å². The fourth-order valence-electron chi connectivity index (χ4n) is 7.62. The van der Waals surface area contributed by atoms with Crippen molar-refractivity contribution in [3.05, 3.63) is 59.2 Å². The normalized spacial score (nSPS) is 21.8. The standard InChI is InChI=1S/C38H54N6O4/c1-27-6-5-7-31(22-27)35(46)40-36-39-33-23-30(10-13-34(33)44(36)32-11-8-29(26-45)9-12-32)25-42-20-18-41(19-21-42)24-28-14-16-43(17-15-28)37(47)48-38(2,3)4/h5-7,10,13,22-23,28-29,32,45H,8-9,11-12,14-21,24-26H2,1-4H3,(H,39,40,46). The van der Waals surface area contributed by atoms with Crippen molar-refractivity contribution in [2.24, 2.45) is 11.8 Å². The van der Waals surface area contributed by atoms with Gasteiger partial charge in [0.1, 0.15) is 5.60 Å². The van der Waals surface area contributed by atoms with Crippen LogP contribution in [-0.2, 0) is 11.3 Å². The third kappa shape index (κ3) is 8.57. The summed E-state index contributed by atoms with van der Waals surface area (Å²) in [6.07, 6.45) is 5.74. The molecule has 1 saturated carbocycles. The molecule has 6 rings (SSSR count). The maximum absolute atomic E-state index is 13.3. The summed E-state index contributed by atoms with van der Waals surface area (Å²) < 4.78 is 7.80. The molecule has 10 nitrogen and oxygen atoms in total. The molecule has 0 radical (unpaired) electrons. The lowest BCUT2D eigenvalue weighted by molar-refractivity contribution is 0.0159. The van der Waals surface area contributed by atoms with Crippen LogP contribution in [0.1, 0.15) is 86.8 Å². The Morgan fingerprint density at radius 2 is 1.60 bits per heavy atom. The summed E-state index contributed by atoms with van der Waals surface area (Å²) in [4.78, 5) is 37.7. The molecule has 3 aliphatic rings. The molecule has 3 heterocycles. The van der Waals surface area contributed by atoms with Crippen LogP contribution in [0.4, 0.5) is 10.7 Å². The van der Waals surface area contributed by atoms with Crippen LogP contribution in [0.5, 0.6) is 0 Å². The molecule has 2 aromatic carbocycles. The summed E-state index contributed by atoms with van der Waals surface area (Å²) in [6, 6.07) is 14.5. The first kappa shape index (κ1) is 34.4. The number of likely N-dealkylation sites (tertiary alicyclic amines) is 1. The topological polar surface area (TPSA) is 103 Å². The Morgan fingerprint density at radius 1 is 0.896 bits per heavy atom. The summed E-state index contributed by atoms with van der Waals surface area (Å²) >= 11 is 0. The SMILES string of the molecule is Cc1cccc(C(=O)Nc2nc3cc(CN4CCN(CC5CCN(C(=O)OC(C)(C)C)CC5)CC4)ccc3n2C2CCC(CO)CC2)c1. The van der Waals surface area contributed by atoms with E-state index >= 15 is 0 Å². The van der Waals surface area contributed by atoms with Crippen molar-refractivity contribution in [1.29, 1.82) is 0 Å². The van der Waals surface area contributed by atoms with Crippen molar-refractivity contribution in [1.82, 2.24) is 24.3 Å². The van der Waals surface area contributed by atoms with Gasteiger partial charge < -0.3 is 24.2 Å². The van der Waals surface area contributed by atoms with Crippen molar-refractivity contribution in [3.63, 3.8) is 0 Å². The van der Waals surface area contributed by atoms with Crippen LogP contribution in [-0.4, -0.2) is 99.4 Å². The Hall–Kier alpha value is -3.47. The zero-order valence-corrected chi connectivity index (χ0v) is 29.3. The molecule has 0 spiro atoms. The number of aliphatic hydroxyl groups excluding tert-OH is 1. The van der Waals surface area contributed by atoms with Crippen molar-refractivity contribution < 1.29 is 19.4 Å². The fraction of sp³-hybridized carbons (Fsp3) is 0.605. The summed E-state index contributed by atoms with van der Waals surface area (Å²) in [5.41, 5.74) is 4.41. The van der Waals surface area contributed by atoms with E-state index in [0.29, 0.717) is 23.3 Å². The Labute approximate surface area is 285 Å². The van der Waals surface area contributed by atoms with Gasteiger partial charge in [-0.3, -0.25) is 15.0 Å². The van der Waals surface area contributed by atoms with Gasteiger partial charge >= 0.3 is 6.09 Å². The first-order valence-electron chi connectivity index (χ1n) is 18.0. The van der Waals surface area contributed by atoms with Crippen molar-refractivity contribution >= 4 is 29.0 Å². The Balaban J connectivity index is 1.07. The molecule has 1 aromatic heterocycles.